The Morgan fingerprint density at radius 3 is 2.59 bits per heavy atom. The van der Waals surface area contributed by atoms with Gasteiger partial charge in [-0.3, -0.25) is 4.79 Å². The summed E-state index contributed by atoms with van der Waals surface area (Å²) in [6, 6.07) is 4.94. The zero-order valence-corrected chi connectivity index (χ0v) is 16.1. The Morgan fingerprint density at radius 2 is 1.89 bits per heavy atom. The summed E-state index contributed by atoms with van der Waals surface area (Å²) < 4.78 is 16.5. The van der Waals surface area contributed by atoms with Gasteiger partial charge in [0, 0.05) is 42.4 Å². The number of fused-ring (bicyclic) bond motifs is 1. The fourth-order valence-electron chi connectivity index (χ4n) is 3.37. The van der Waals surface area contributed by atoms with Crippen LogP contribution in [0.25, 0.3) is 5.78 Å². The molecule has 3 heterocycles. The molecule has 0 unspecified atom stereocenters. The zero-order valence-electron chi connectivity index (χ0n) is 14.6. The molecule has 0 atom stereocenters. The minimum atomic E-state index is -0.772. The maximum atomic E-state index is 14.2. The molecule has 1 aliphatic rings. The fourth-order valence-corrected chi connectivity index (χ4v) is 3.78. The third-order valence-electron chi connectivity index (χ3n) is 4.59. The van der Waals surface area contributed by atoms with Crippen LogP contribution >= 0.6 is 15.9 Å². The van der Waals surface area contributed by atoms with E-state index < -0.39 is 11.7 Å². The number of aryl methyl sites for hydroxylation is 1. The van der Waals surface area contributed by atoms with Crippen molar-refractivity contribution in [3.63, 3.8) is 0 Å². The van der Waals surface area contributed by atoms with Crippen molar-refractivity contribution in [1.82, 2.24) is 19.6 Å². The van der Waals surface area contributed by atoms with E-state index in [4.69, 9.17) is 5.73 Å². The van der Waals surface area contributed by atoms with Gasteiger partial charge < -0.3 is 15.5 Å². The molecule has 27 heavy (non-hydrogen) atoms. The summed E-state index contributed by atoms with van der Waals surface area (Å²) in [5.74, 6) is 0.0672. The number of carbonyl (C=O) groups is 1. The van der Waals surface area contributed by atoms with Gasteiger partial charge in [0.2, 0.25) is 0 Å². The van der Waals surface area contributed by atoms with Crippen molar-refractivity contribution in [2.75, 3.05) is 36.0 Å². The number of nitrogens with two attached hydrogens (primary N) is 1. The van der Waals surface area contributed by atoms with Crippen LogP contribution in [0.2, 0.25) is 0 Å². The van der Waals surface area contributed by atoms with Crippen molar-refractivity contribution in [3.8, 4) is 0 Å². The summed E-state index contributed by atoms with van der Waals surface area (Å²) in [6.45, 7) is 4.47. The molecule has 2 N–H and O–H groups in total. The molecule has 10 heteroatoms. The maximum absolute atomic E-state index is 14.2. The first-order chi connectivity index (χ1) is 12.9. The van der Waals surface area contributed by atoms with Gasteiger partial charge >= 0.3 is 0 Å². The second-order valence-corrected chi connectivity index (χ2v) is 7.26. The largest absolute Gasteiger partial charge is 0.367 e. The van der Waals surface area contributed by atoms with E-state index in [0.29, 0.717) is 42.1 Å². The summed E-state index contributed by atoms with van der Waals surface area (Å²) in [6.07, 6.45) is 1.48. The second-order valence-electron chi connectivity index (χ2n) is 6.35. The molecule has 140 valence electrons. The van der Waals surface area contributed by atoms with E-state index in [1.807, 2.05) is 17.9 Å². The number of nitrogens with zero attached hydrogens (tertiary/aromatic N) is 6. The highest BCUT2D eigenvalue weighted by molar-refractivity contribution is 9.10. The van der Waals surface area contributed by atoms with E-state index in [-0.39, 0.29) is 5.56 Å². The summed E-state index contributed by atoms with van der Waals surface area (Å²) in [5, 5.41) is 4.24. The third-order valence-corrected chi connectivity index (χ3v) is 5.04. The van der Waals surface area contributed by atoms with E-state index in [1.165, 1.54) is 12.4 Å². The van der Waals surface area contributed by atoms with E-state index in [2.05, 4.69) is 35.9 Å². The normalized spacial score (nSPS) is 14.8. The molecule has 0 bridgehead atoms. The SMILES string of the molecule is Cc1cc(N2CCN(c3cc(Br)cc(F)c3C(N)=O)CC2)n2ncnc2n1. The Labute approximate surface area is 162 Å². The predicted octanol–water partition coefficient (Wildman–Crippen LogP) is 1.76. The number of benzene rings is 1. The molecule has 3 aromatic rings. The predicted molar refractivity (Wildman–Crippen MR) is 103 cm³/mol. The van der Waals surface area contributed by atoms with Crippen LogP contribution in [0.3, 0.4) is 0 Å². The van der Waals surface area contributed by atoms with Crippen molar-refractivity contribution in [2.24, 2.45) is 5.73 Å². The van der Waals surface area contributed by atoms with Gasteiger partial charge in [-0.25, -0.2) is 9.37 Å². The Bertz CT molecular complexity index is 1030. The highest BCUT2D eigenvalue weighted by atomic mass is 79.9. The fraction of sp³-hybridized carbons (Fsp3) is 0.294. The Kier molecular flexibility index (Phi) is 4.42. The lowest BCUT2D eigenvalue weighted by Crippen LogP contribution is -2.47. The molecule has 0 spiro atoms. The number of halogens is 2. The second kappa shape index (κ2) is 6.76. The van der Waals surface area contributed by atoms with Gasteiger partial charge in [-0.05, 0) is 19.1 Å². The Balaban J connectivity index is 1.61. The smallest absolute Gasteiger partial charge is 0.254 e. The lowest BCUT2D eigenvalue weighted by atomic mass is 10.1. The maximum Gasteiger partial charge on any atom is 0.254 e. The van der Waals surface area contributed by atoms with Gasteiger partial charge in [0.15, 0.2) is 0 Å². The van der Waals surface area contributed by atoms with Crippen LogP contribution in [0, 0.1) is 12.7 Å². The van der Waals surface area contributed by atoms with Crippen LogP contribution in [-0.4, -0.2) is 51.7 Å². The Hall–Kier alpha value is -2.75. The van der Waals surface area contributed by atoms with Gasteiger partial charge in [0.1, 0.15) is 18.0 Å². The number of aromatic nitrogens is 4. The molecule has 0 saturated carbocycles. The first kappa shape index (κ1) is 17.7. The third kappa shape index (κ3) is 3.20. The lowest BCUT2D eigenvalue weighted by molar-refractivity contribution is 0.0997. The van der Waals surface area contributed by atoms with Crippen LogP contribution in [0.1, 0.15) is 16.1 Å². The van der Waals surface area contributed by atoms with Crippen LogP contribution in [0.4, 0.5) is 15.9 Å². The number of hydrogen-bond acceptors (Lipinski definition) is 6. The highest BCUT2D eigenvalue weighted by Crippen LogP contribution is 2.29. The number of anilines is 2. The van der Waals surface area contributed by atoms with E-state index in [0.717, 1.165) is 11.5 Å². The molecule has 2 aromatic heterocycles. The molecule has 1 fully saturated rings. The minimum Gasteiger partial charge on any atom is -0.367 e. The molecule has 1 aliphatic heterocycles. The number of piperazine rings is 1. The monoisotopic (exact) mass is 433 g/mol. The molecule has 0 aliphatic carbocycles. The molecule has 1 aromatic carbocycles. The average Bonchev–Trinajstić information content (AvgIpc) is 3.08. The summed E-state index contributed by atoms with van der Waals surface area (Å²) >= 11 is 3.29. The minimum absolute atomic E-state index is 0.0786. The first-order valence-electron chi connectivity index (χ1n) is 8.40. The van der Waals surface area contributed by atoms with Gasteiger partial charge in [-0.15, -0.1) is 0 Å². The summed E-state index contributed by atoms with van der Waals surface area (Å²) in [7, 11) is 0. The van der Waals surface area contributed by atoms with Crippen LogP contribution < -0.4 is 15.5 Å². The van der Waals surface area contributed by atoms with E-state index >= 15 is 0 Å². The number of primary amides is 1. The molecule has 8 nitrogen and oxygen atoms in total. The lowest BCUT2D eigenvalue weighted by Gasteiger charge is -2.37. The number of rotatable bonds is 3. The number of carbonyl (C=O) groups excluding carboxylic acids is 1. The number of hydrogen-bond donors (Lipinski definition) is 1. The molecule has 0 radical (unpaired) electrons. The van der Waals surface area contributed by atoms with Crippen LogP contribution in [-0.2, 0) is 0 Å². The molecular formula is C17H17BrFN7O. The van der Waals surface area contributed by atoms with Gasteiger partial charge in [-0.1, -0.05) is 15.9 Å². The van der Waals surface area contributed by atoms with Gasteiger partial charge in [0.05, 0.1) is 11.3 Å². The van der Waals surface area contributed by atoms with Crippen molar-refractivity contribution in [1.29, 1.82) is 0 Å². The molecular weight excluding hydrogens is 417 g/mol. The van der Waals surface area contributed by atoms with E-state index in [1.54, 1.807) is 10.6 Å². The van der Waals surface area contributed by atoms with Gasteiger partial charge in [0.25, 0.3) is 11.7 Å². The standard InChI is InChI=1S/C17H17BrFN7O/c1-10-6-14(26-17(23-10)21-9-22-26)25-4-2-24(3-5-25)13-8-11(18)7-12(19)15(13)16(20)27/h6-9H,2-5H2,1H3,(H2,20,27). The van der Waals surface area contributed by atoms with E-state index in [9.17, 15) is 9.18 Å². The molecule has 1 saturated heterocycles. The van der Waals surface area contributed by atoms with Crippen molar-refractivity contribution < 1.29 is 9.18 Å². The van der Waals surface area contributed by atoms with Crippen molar-refractivity contribution in [3.05, 3.63) is 46.1 Å². The summed E-state index contributed by atoms with van der Waals surface area (Å²) in [5.41, 5.74) is 6.69. The zero-order chi connectivity index (χ0) is 19.1. The Morgan fingerprint density at radius 1 is 1.19 bits per heavy atom. The topological polar surface area (TPSA) is 92.7 Å². The number of amides is 1. The van der Waals surface area contributed by atoms with Crippen LogP contribution in [0.5, 0.6) is 0 Å². The van der Waals surface area contributed by atoms with Crippen molar-refractivity contribution >= 4 is 39.1 Å². The van der Waals surface area contributed by atoms with Gasteiger partial charge in [-0.2, -0.15) is 14.6 Å². The highest BCUT2D eigenvalue weighted by Gasteiger charge is 2.25. The molecule has 4 rings (SSSR count). The molecule has 1 amide bonds. The first-order valence-corrected chi connectivity index (χ1v) is 9.19. The average molecular weight is 434 g/mol. The summed E-state index contributed by atoms with van der Waals surface area (Å²) in [4.78, 5) is 24.4. The quantitative estimate of drug-likeness (QED) is 0.676. The van der Waals surface area contributed by atoms with Crippen LogP contribution in [0.15, 0.2) is 29.0 Å². The van der Waals surface area contributed by atoms with Crippen molar-refractivity contribution in [2.45, 2.75) is 6.92 Å².